The summed E-state index contributed by atoms with van der Waals surface area (Å²) in [6.45, 7) is 7.20. The lowest BCUT2D eigenvalue weighted by molar-refractivity contribution is -0.139. The number of likely N-dealkylation sites (N-methyl/N-ethyl adjacent to an activating group) is 1. The van der Waals surface area contributed by atoms with Crippen LogP contribution in [0.3, 0.4) is 0 Å². The second kappa shape index (κ2) is 12.4. The Morgan fingerprint density at radius 3 is 2.54 bits per heavy atom. The van der Waals surface area contributed by atoms with E-state index in [4.69, 9.17) is 9.47 Å². The van der Waals surface area contributed by atoms with Crippen LogP contribution in [0.1, 0.15) is 69.7 Å². The van der Waals surface area contributed by atoms with Gasteiger partial charge in [-0.15, -0.1) is 0 Å². The second-order valence-electron chi connectivity index (χ2n) is 10.1. The Labute approximate surface area is 209 Å². The van der Waals surface area contributed by atoms with Gasteiger partial charge in [0.2, 0.25) is 11.8 Å². The standard InChI is InChI=1S/C27H41N3O5/c1-6-9-25(31)28-21-12-13-22-23(14-21)35-17-19(3)30(26(32)20-10-7-8-11-20)15-18(2)24(34-5)16-29(4)27(22)33/h12-14,18-20,24H,6-11,15-17H2,1-5H3,(H,28,31)/t18-,19-,24+/m0/s1. The van der Waals surface area contributed by atoms with E-state index in [-0.39, 0.29) is 48.3 Å². The van der Waals surface area contributed by atoms with E-state index in [2.05, 4.69) is 12.2 Å². The van der Waals surface area contributed by atoms with Crippen LogP contribution in [0.25, 0.3) is 0 Å². The van der Waals surface area contributed by atoms with E-state index in [1.165, 1.54) is 0 Å². The van der Waals surface area contributed by atoms with E-state index in [9.17, 15) is 14.4 Å². The summed E-state index contributed by atoms with van der Waals surface area (Å²) in [6.07, 6.45) is 5.02. The van der Waals surface area contributed by atoms with Crippen molar-refractivity contribution >= 4 is 23.4 Å². The Bertz CT molecular complexity index is 899. The maximum atomic E-state index is 13.5. The lowest BCUT2D eigenvalue weighted by Crippen LogP contribution is -2.50. The first-order chi connectivity index (χ1) is 16.7. The molecule has 1 heterocycles. The number of benzene rings is 1. The fraction of sp³-hybridized carbons (Fsp3) is 0.667. The normalized spacial score (nSPS) is 24.3. The lowest BCUT2D eigenvalue weighted by Gasteiger charge is -2.37. The Kier molecular flexibility index (Phi) is 9.55. The number of hydrogen-bond acceptors (Lipinski definition) is 5. The van der Waals surface area contributed by atoms with Crippen molar-refractivity contribution in [3.8, 4) is 5.75 Å². The molecule has 1 aromatic carbocycles. The van der Waals surface area contributed by atoms with Gasteiger partial charge in [0, 0.05) is 57.3 Å². The highest BCUT2D eigenvalue weighted by molar-refractivity contribution is 5.98. The van der Waals surface area contributed by atoms with Gasteiger partial charge in [-0.25, -0.2) is 0 Å². The molecule has 1 aliphatic heterocycles. The Hall–Kier alpha value is -2.61. The molecule has 1 fully saturated rings. The molecular weight excluding hydrogens is 446 g/mol. The number of carbonyl (C=O) groups is 3. The summed E-state index contributed by atoms with van der Waals surface area (Å²) >= 11 is 0. The molecule has 1 aromatic rings. The fourth-order valence-corrected chi connectivity index (χ4v) is 5.01. The maximum absolute atomic E-state index is 13.5. The van der Waals surface area contributed by atoms with Crippen LogP contribution in [-0.2, 0) is 14.3 Å². The summed E-state index contributed by atoms with van der Waals surface area (Å²) in [4.78, 5) is 42.5. The summed E-state index contributed by atoms with van der Waals surface area (Å²) in [7, 11) is 3.40. The van der Waals surface area contributed by atoms with Crippen LogP contribution in [0.15, 0.2) is 18.2 Å². The number of anilines is 1. The first kappa shape index (κ1) is 27.0. The van der Waals surface area contributed by atoms with E-state index in [0.29, 0.717) is 36.5 Å². The number of carbonyl (C=O) groups excluding carboxylic acids is 3. The van der Waals surface area contributed by atoms with Gasteiger partial charge in [0.15, 0.2) is 0 Å². The van der Waals surface area contributed by atoms with Gasteiger partial charge in [0.1, 0.15) is 12.4 Å². The van der Waals surface area contributed by atoms with Crippen molar-refractivity contribution in [1.82, 2.24) is 9.80 Å². The molecule has 0 radical (unpaired) electrons. The molecule has 0 unspecified atom stereocenters. The van der Waals surface area contributed by atoms with Crippen molar-refractivity contribution in [2.24, 2.45) is 11.8 Å². The van der Waals surface area contributed by atoms with Gasteiger partial charge in [0.05, 0.1) is 17.7 Å². The summed E-state index contributed by atoms with van der Waals surface area (Å²) in [5.41, 5.74) is 1.00. The molecule has 35 heavy (non-hydrogen) atoms. The Morgan fingerprint density at radius 1 is 1.17 bits per heavy atom. The largest absolute Gasteiger partial charge is 0.491 e. The number of fused-ring (bicyclic) bond motifs is 1. The SMILES string of the molecule is CCCC(=O)Nc1ccc2c(c1)OC[C@H](C)N(C(=O)C1CCCC1)C[C@H](C)[C@H](OC)CN(C)C2=O. The van der Waals surface area contributed by atoms with Gasteiger partial charge in [-0.1, -0.05) is 26.7 Å². The number of rotatable bonds is 5. The van der Waals surface area contributed by atoms with Crippen LogP contribution >= 0.6 is 0 Å². The first-order valence-electron chi connectivity index (χ1n) is 12.9. The smallest absolute Gasteiger partial charge is 0.257 e. The quantitative estimate of drug-likeness (QED) is 0.680. The number of ether oxygens (including phenoxy) is 2. The average Bonchev–Trinajstić information content (AvgIpc) is 3.38. The van der Waals surface area contributed by atoms with Crippen LogP contribution in [0.5, 0.6) is 5.75 Å². The van der Waals surface area contributed by atoms with Crippen molar-refractivity contribution in [2.75, 3.05) is 39.2 Å². The highest BCUT2D eigenvalue weighted by Gasteiger charge is 2.34. The summed E-state index contributed by atoms with van der Waals surface area (Å²) in [6, 6.07) is 4.94. The van der Waals surface area contributed by atoms with Crippen molar-refractivity contribution in [3.63, 3.8) is 0 Å². The number of nitrogens with one attached hydrogen (secondary N) is 1. The van der Waals surface area contributed by atoms with Gasteiger partial charge < -0.3 is 24.6 Å². The van der Waals surface area contributed by atoms with Gasteiger partial charge in [-0.05, 0) is 38.3 Å². The molecule has 8 heteroatoms. The first-order valence-corrected chi connectivity index (χ1v) is 12.9. The zero-order valence-electron chi connectivity index (χ0n) is 21.8. The molecule has 194 valence electrons. The van der Waals surface area contributed by atoms with Crippen LogP contribution in [-0.4, -0.2) is 73.5 Å². The predicted octanol–water partition coefficient (Wildman–Crippen LogP) is 3.95. The Balaban J connectivity index is 1.93. The second-order valence-corrected chi connectivity index (χ2v) is 10.1. The van der Waals surface area contributed by atoms with Crippen LogP contribution in [0, 0.1) is 11.8 Å². The molecule has 3 rings (SSSR count). The number of nitrogens with zero attached hydrogens (tertiary/aromatic N) is 2. The third-order valence-electron chi connectivity index (χ3n) is 7.20. The molecule has 3 atom stereocenters. The molecule has 1 saturated carbocycles. The minimum absolute atomic E-state index is 0.0399. The molecule has 8 nitrogen and oxygen atoms in total. The highest BCUT2D eigenvalue weighted by Crippen LogP contribution is 2.30. The van der Waals surface area contributed by atoms with Gasteiger partial charge in [-0.2, -0.15) is 0 Å². The number of amides is 3. The molecular formula is C27H41N3O5. The minimum Gasteiger partial charge on any atom is -0.491 e. The van der Waals surface area contributed by atoms with Gasteiger partial charge in [-0.3, -0.25) is 14.4 Å². The lowest BCUT2D eigenvalue weighted by atomic mass is 9.99. The summed E-state index contributed by atoms with van der Waals surface area (Å²) in [5.74, 6) is 0.436. The average molecular weight is 488 g/mol. The predicted molar refractivity (Wildman–Crippen MR) is 136 cm³/mol. The molecule has 0 spiro atoms. The van der Waals surface area contributed by atoms with E-state index >= 15 is 0 Å². The van der Waals surface area contributed by atoms with Gasteiger partial charge >= 0.3 is 0 Å². The van der Waals surface area contributed by atoms with E-state index in [1.807, 2.05) is 18.7 Å². The summed E-state index contributed by atoms with van der Waals surface area (Å²) in [5, 5.41) is 2.87. The van der Waals surface area contributed by atoms with Crippen molar-refractivity contribution in [3.05, 3.63) is 23.8 Å². The number of methoxy groups -OCH3 is 1. The molecule has 1 N–H and O–H groups in total. The zero-order chi connectivity index (χ0) is 25.5. The van der Waals surface area contributed by atoms with Crippen LogP contribution < -0.4 is 10.1 Å². The van der Waals surface area contributed by atoms with E-state index in [0.717, 1.165) is 32.1 Å². The molecule has 3 amide bonds. The molecule has 1 aliphatic carbocycles. The van der Waals surface area contributed by atoms with Crippen molar-refractivity contribution in [2.45, 2.75) is 71.4 Å². The van der Waals surface area contributed by atoms with Crippen LogP contribution in [0.4, 0.5) is 5.69 Å². The van der Waals surface area contributed by atoms with Crippen molar-refractivity contribution < 1.29 is 23.9 Å². The topological polar surface area (TPSA) is 88.2 Å². The minimum atomic E-state index is -0.216. The van der Waals surface area contributed by atoms with Crippen molar-refractivity contribution in [1.29, 1.82) is 0 Å². The van der Waals surface area contributed by atoms with E-state index < -0.39 is 0 Å². The number of hydrogen-bond donors (Lipinski definition) is 1. The molecule has 0 bridgehead atoms. The molecule has 0 saturated heterocycles. The fourth-order valence-electron chi connectivity index (χ4n) is 5.01. The Morgan fingerprint density at radius 2 is 1.89 bits per heavy atom. The van der Waals surface area contributed by atoms with Crippen LogP contribution in [0.2, 0.25) is 0 Å². The van der Waals surface area contributed by atoms with E-state index in [1.54, 1.807) is 37.3 Å². The monoisotopic (exact) mass is 487 g/mol. The molecule has 2 aliphatic rings. The summed E-state index contributed by atoms with van der Waals surface area (Å²) < 4.78 is 12.0. The third-order valence-corrected chi connectivity index (χ3v) is 7.20. The molecule has 0 aromatic heterocycles. The maximum Gasteiger partial charge on any atom is 0.257 e. The zero-order valence-corrected chi connectivity index (χ0v) is 21.8. The highest BCUT2D eigenvalue weighted by atomic mass is 16.5. The third kappa shape index (κ3) is 6.75. The van der Waals surface area contributed by atoms with Gasteiger partial charge in [0.25, 0.3) is 5.91 Å².